The minimum absolute atomic E-state index is 0.0199. The summed E-state index contributed by atoms with van der Waals surface area (Å²) >= 11 is 0. The Morgan fingerprint density at radius 3 is 1.93 bits per heavy atom. The van der Waals surface area contributed by atoms with Gasteiger partial charge in [-0.2, -0.15) is 0 Å². The van der Waals surface area contributed by atoms with Gasteiger partial charge in [0.1, 0.15) is 23.0 Å². The van der Waals surface area contributed by atoms with Gasteiger partial charge >= 0.3 is 0 Å². The normalized spacial score (nSPS) is 17.5. The highest BCUT2D eigenvalue weighted by Gasteiger charge is 2.47. The SMILES string of the molecule is CC1(C)CCC(C)(C)c2c1cc1c3c2Oc2cc(N4c5ccccc5Oc5ccccc54)ccc2B3c2ccccc2O1. The van der Waals surface area contributed by atoms with Gasteiger partial charge in [0.15, 0.2) is 11.5 Å². The lowest BCUT2D eigenvalue weighted by Crippen LogP contribution is -2.58. The third-order valence-corrected chi connectivity index (χ3v) is 10.0. The smallest absolute Gasteiger partial charge is 0.260 e. The van der Waals surface area contributed by atoms with Crippen LogP contribution in [0.4, 0.5) is 17.1 Å². The topological polar surface area (TPSA) is 30.9 Å². The fourth-order valence-electron chi connectivity index (χ4n) is 7.69. The fraction of sp³-hybridized carbons (Fsp3) is 0.211. The van der Waals surface area contributed by atoms with E-state index in [2.05, 4.69) is 105 Å². The zero-order valence-electron chi connectivity index (χ0n) is 24.9. The Balaban J connectivity index is 1.29. The Hall–Kier alpha value is -4.64. The standard InChI is InChI=1S/C38H32BNO3/c1-37(2)19-20-38(3,4)34-24(37)22-33-35-36(34)43-32-21-23(17-18-26(32)39(35)25-11-5-8-14-29(25)41-33)40-27-12-6-9-15-30(27)42-31-16-10-7-13-28(31)40/h5-18,21-22H,19-20H2,1-4H3. The van der Waals surface area contributed by atoms with Gasteiger partial charge in [-0.15, -0.1) is 0 Å². The van der Waals surface area contributed by atoms with Crippen molar-refractivity contribution in [2.24, 2.45) is 0 Å². The van der Waals surface area contributed by atoms with E-state index in [1.54, 1.807) is 0 Å². The maximum Gasteiger partial charge on any atom is 0.260 e. The van der Waals surface area contributed by atoms with Crippen LogP contribution in [-0.4, -0.2) is 6.71 Å². The van der Waals surface area contributed by atoms with Crippen LogP contribution in [0.1, 0.15) is 51.7 Å². The van der Waals surface area contributed by atoms with E-state index < -0.39 is 0 Å². The Morgan fingerprint density at radius 2 is 1.19 bits per heavy atom. The maximum atomic E-state index is 7.14. The summed E-state index contributed by atoms with van der Waals surface area (Å²) in [5.74, 6) is 5.40. The summed E-state index contributed by atoms with van der Waals surface area (Å²) in [6, 6.07) is 33.9. The first-order chi connectivity index (χ1) is 20.8. The summed E-state index contributed by atoms with van der Waals surface area (Å²) in [6.45, 7) is 9.48. The zero-order chi connectivity index (χ0) is 29.1. The van der Waals surface area contributed by atoms with Crippen molar-refractivity contribution < 1.29 is 14.2 Å². The molecule has 9 rings (SSSR count). The van der Waals surface area contributed by atoms with Gasteiger partial charge < -0.3 is 19.1 Å². The van der Waals surface area contributed by atoms with E-state index in [9.17, 15) is 0 Å². The molecule has 0 saturated heterocycles. The highest BCUT2D eigenvalue weighted by molar-refractivity contribution is 6.98. The van der Waals surface area contributed by atoms with E-state index in [-0.39, 0.29) is 17.5 Å². The number of benzene rings is 5. The minimum atomic E-state index is -0.0199. The molecule has 0 spiro atoms. The monoisotopic (exact) mass is 561 g/mol. The van der Waals surface area contributed by atoms with Gasteiger partial charge in [0.2, 0.25) is 0 Å². The van der Waals surface area contributed by atoms with Crippen LogP contribution < -0.4 is 35.5 Å². The van der Waals surface area contributed by atoms with Gasteiger partial charge in [-0.3, -0.25) is 0 Å². The van der Waals surface area contributed by atoms with E-state index in [0.717, 1.165) is 75.3 Å². The number of nitrogens with zero attached hydrogens (tertiary/aromatic N) is 1. The van der Waals surface area contributed by atoms with Crippen molar-refractivity contribution in [3.63, 3.8) is 0 Å². The van der Waals surface area contributed by atoms with Crippen LogP contribution in [0.25, 0.3) is 0 Å². The molecule has 0 saturated carbocycles. The molecule has 4 nitrogen and oxygen atoms in total. The molecule has 210 valence electrons. The highest BCUT2D eigenvalue weighted by atomic mass is 16.5. The van der Waals surface area contributed by atoms with Gasteiger partial charge in [0.05, 0.1) is 17.1 Å². The van der Waals surface area contributed by atoms with Crippen molar-refractivity contribution >= 4 is 40.2 Å². The first-order valence-corrected chi connectivity index (χ1v) is 15.3. The van der Waals surface area contributed by atoms with Crippen LogP contribution in [0, 0.1) is 0 Å². The molecule has 0 N–H and O–H groups in total. The van der Waals surface area contributed by atoms with Gasteiger partial charge in [-0.05, 0) is 82.6 Å². The molecular formula is C38H32BNO3. The largest absolute Gasteiger partial charge is 0.458 e. The molecule has 1 aliphatic carbocycles. The molecule has 5 aromatic rings. The molecule has 0 radical (unpaired) electrons. The second kappa shape index (κ2) is 8.47. The van der Waals surface area contributed by atoms with Crippen molar-refractivity contribution in [3.8, 4) is 34.5 Å². The number of ether oxygens (including phenoxy) is 3. The van der Waals surface area contributed by atoms with E-state index in [1.165, 1.54) is 16.6 Å². The molecule has 3 aliphatic heterocycles. The van der Waals surface area contributed by atoms with Gasteiger partial charge in [-0.25, -0.2) is 0 Å². The molecule has 0 atom stereocenters. The molecular weight excluding hydrogens is 529 g/mol. The Bertz CT molecular complexity index is 1950. The second-order valence-electron chi connectivity index (χ2n) is 13.6. The third kappa shape index (κ3) is 3.45. The lowest BCUT2D eigenvalue weighted by Gasteiger charge is -2.45. The summed E-state index contributed by atoms with van der Waals surface area (Å²) in [5, 5.41) is 0. The number of hydrogen-bond donors (Lipinski definition) is 0. The quantitative estimate of drug-likeness (QED) is 0.189. The second-order valence-corrected chi connectivity index (χ2v) is 13.6. The molecule has 0 amide bonds. The number of anilines is 3. The number of hydrogen-bond acceptors (Lipinski definition) is 4. The fourth-order valence-corrected chi connectivity index (χ4v) is 7.69. The van der Waals surface area contributed by atoms with Gasteiger partial charge in [0, 0.05) is 17.1 Å². The van der Waals surface area contributed by atoms with Gasteiger partial charge in [-0.1, -0.05) is 76.2 Å². The zero-order valence-corrected chi connectivity index (χ0v) is 24.9. The molecule has 0 aromatic heterocycles. The van der Waals surface area contributed by atoms with Crippen LogP contribution in [0.15, 0.2) is 97.1 Å². The Labute approximate surface area is 252 Å². The third-order valence-electron chi connectivity index (χ3n) is 10.0. The number of para-hydroxylation sites is 5. The van der Waals surface area contributed by atoms with Crippen molar-refractivity contribution in [1.29, 1.82) is 0 Å². The first-order valence-electron chi connectivity index (χ1n) is 15.3. The maximum absolute atomic E-state index is 7.14. The van der Waals surface area contributed by atoms with Crippen LogP contribution >= 0.6 is 0 Å². The van der Waals surface area contributed by atoms with Crippen molar-refractivity contribution in [3.05, 3.63) is 108 Å². The highest BCUT2D eigenvalue weighted by Crippen LogP contribution is 2.54. The summed E-state index contributed by atoms with van der Waals surface area (Å²) in [4.78, 5) is 2.28. The van der Waals surface area contributed by atoms with E-state index in [0.29, 0.717) is 0 Å². The van der Waals surface area contributed by atoms with Crippen molar-refractivity contribution in [2.75, 3.05) is 4.90 Å². The summed E-state index contributed by atoms with van der Waals surface area (Å²) in [5.41, 5.74) is 9.24. The average Bonchev–Trinajstić information content (AvgIpc) is 3.01. The summed E-state index contributed by atoms with van der Waals surface area (Å²) in [7, 11) is 0. The predicted octanol–water partition coefficient (Wildman–Crippen LogP) is 8.34. The van der Waals surface area contributed by atoms with E-state index in [1.807, 2.05) is 24.3 Å². The van der Waals surface area contributed by atoms with Crippen LogP contribution in [0.3, 0.4) is 0 Å². The van der Waals surface area contributed by atoms with E-state index >= 15 is 0 Å². The molecule has 0 bridgehead atoms. The number of fused-ring (bicyclic) bond motifs is 8. The predicted molar refractivity (Wildman–Crippen MR) is 174 cm³/mol. The average molecular weight is 561 g/mol. The lowest BCUT2D eigenvalue weighted by molar-refractivity contribution is 0.318. The Kier molecular flexibility index (Phi) is 4.91. The lowest BCUT2D eigenvalue weighted by atomic mass is 9.34. The van der Waals surface area contributed by atoms with Gasteiger partial charge in [0.25, 0.3) is 6.71 Å². The molecule has 4 aliphatic rings. The molecule has 3 heterocycles. The molecule has 0 unspecified atom stereocenters. The van der Waals surface area contributed by atoms with Crippen molar-refractivity contribution in [1.82, 2.24) is 0 Å². The molecule has 43 heavy (non-hydrogen) atoms. The van der Waals surface area contributed by atoms with Crippen molar-refractivity contribution in [2.45, 2.75) is 51.4 Å². The molecule has 5 aromatic carbocycles. The Morgan fingerprint density at radius 1 is 0.581 bits per heavy atom. The van der Waals surface area contributed by atoms with Crippen LogP contribution in [0.2, 0.25) is 0 Å². The first kappa shape index (κ1) is 24.9. The molecule has 0 fully saturated rings. The van der Waals surface area contributed by atoms with Crippen LogP contribution in [0.5, 0.6) is 34.5 Å². The number of rotatable bonds is 1. The van der Waals surface area contributed by atoms with E-state index in [4.69, 9.17) is 14.2 Å². The summed E-state index contributed by atoms with van der Waals surface area (Å²) < 4.78 is 20.1. The summed E-state index contributed by atoms with van der Waals surface area (Å²) in [6.07, 6.45) is 2.24. The molecule has 5 heteroatoms. The minimum Gasteiger partial charge on any atom is -0.458 e. The van der Waals surface area contributed by atoms with Crippen LogP contribution in [-0.2, 0) is 10.8 Å².